The summed E-state index contributed by atoms with van der Waals surface area (Å²) in [5.41, 5.74) is 0. The highest BCUT2D eigenvalue weighted by atomic mass is 16.7. The van der Waals surface area contributed by atoms with Crippen LogP contribution in [-0.2, 0) is 14.3 Å². The first-order chi connectivity index (χ1) is 5.66. The molecule has 0 bridgehead atoms. The molecule has 4 nitrogen and oxygen atoms in total. The van der Waals surface area contributed by atoms with E-state index >= 15 is 0 Å². The lowest BCUT2D eigenvalue weighted by Gasteiger charge is -2.22. The maximum Gasteiger partial charge on any atom is 0.219 e. The Morgan fingerprint density at radius 2 is 2.08 bits per heavy atom. The SMILES string of the molecule is CCC(=O)NCC1(C)OCCO1. The molecule has 4 heteroatoms. The lowest BCUT2D eigenvalue weighted by atomic mass is 10.3. The molecule has 0 aliphatic carbocycles. The van der Waals surface area contributed by atoms with Gasteiger partial charge in [0.2, 0.25) is 5.91 Å². The number of hydrogen-bond acceptors (Lipinski definition) is 3. The van der Waals surface area contributed by atoms with Gasteiger partial charge in [-0.3, -0.25) is 4.79 Å². The summed E-state index contributed by atoms with van der Waals surface area (Å²) in [6, 6.07) is 0. The molecule has 12 heavy (non-hydrogen) atoms. The van der Waals surface area contributed by atoms with Crippen LogP contribution in [0.1, 0.15) is 20.3 Å². The molecule has 0 unspecified atom stereocenters. The summed E-state index contributed by atoms with van der Waals surface area (Å²) in [5, 5.41) is 2.73. The van der Waals surface area contributed by atoms with Crippen LogP contribution >= 0.6 is 0 Å². The van der Waals surface area contributed by atoms with Crippen LogP contribution in [0.2, 0.25) is 0 Å². The maximum atomic E-state index is 10.9. The molecule has 1 saturated heterocycles. The number of nitrogens with one attached hydrogen (secondary N) is 1. The van der Waals surface area contributed by atoms with Gasteiger partial charge in [-0.25, -0.2) is 0 Å². The fraction of sp³-hybridized carbons (Fsp3) is 0.875. The molecule has 1 aliphatic rings. The van der Waals surface area contributed by atoms with Crippen molar-refractivity contribution in [1.82, 2.24) is 5.32 Å². The molecule has 0 aromatic rings. The summed E-state index contributed by atoms with van der Waals surface area (Å²) < 4.78 is 10.6. The van der Waals surface area contributed by atoms with Gasteiger partial charge in [-0.1, -0.05) is 6.92 Å². The molecule has 70 valence electrons. The first-order valence-electron chi connectivity index (χ1n) is 4.21. The quantitative estimate of drug-likeness (QED) is 0.666. The lowest BCUT2D eigenvalue weighted by Crippen LogP contribution is -2.41. The van der Waals surface area contributed by atoms with Crippen molar-refractivity contribution >= 4 is 5.91 Å². The van der Waals surface area contributed by atoms with Crippen LogP contribution in [0.4, 0.5) is 0 Å². The van der Waals surface area contributed by atoms with E-state index in [9.17, 15) is 4.79 Å². The van der Waals surface area contributed by atoms with E-state index in [-0.39, 0.29) is 5.91 Å². The van der Waals surface area contributed by atoms with Gasteiger partial charge in [-0.15, -0.1) is 0 Å². The summed E-state index contributed by atoms with van der Waals surface area (Å²) in [6.45, 7) is 5.29. The molecular formula is C8H15NO3. The topological polar surface area (TPSA) is 47.6 Å². The van der Waals surface area contributed by atoms with Crippen molar-refractivity contribution in [3.8, 4) is 0 Å². The Morgan fingerprint density at radius 1 is 1.50 bits per heavy atom. The van der Waals surface area contributed by atoms with Crippen molar-refractivity contribution in [3.63, 3.8) is 0 Å². The summed E-state index contributed by atoms with van der Waals surface area (Å²) in [7, 11) is 0. The highest BCUT2D eigenvalue weighted by molar-refractivity contribution is 5.75. The van der Waals surface area contributed by atoms with Crippen molar-refractivity contribution in [2.45, 2.75) is 26.1 Å². The van der Waals surface area contributed by atoms with Crippen molar-refractivity contribution in [3.05, 3.63) is 0 Å². The van der Waals surface area contributed by atoms with Gasteiger partial charge < -0.3 is 14.8 Å². The van der Waals surface area contributed by atoms with Gasteiger partial charge in [0, 0.05) is 6.42 Å². The molecule has 0 spiro atoms. The zero-order valence-electron chi connectivity index (χ0n) is 7.55. The molecule has 0 atom stereocenters. The van der Waals surface area contributed by atoms with Crippen LogP contribution in [0.15, 0.2) is 0 Å². The normalized spacial score (nSPS) is 20.8. The third-order valence-electron chi connectivity index (χ3n) is 1.83. The van der Waals surface area contributed by atoms with Gasteiger partial charge >= 0.3 is 0 Å². The summed E-state index contributed by atoms with van der Waals surface area (Å²) in [6.07, 6.45) is 0.496. The largest absolute Gasteiger partial charge is 0.351 e. The van der Waals surface area contributed by atoms with Gasteiger partial charge in [0.15, 0.2) is 5.79 Å². The van der Waals surface area contributed by atoms with Crippen LogP contribution < -0.4 is 5.32 Å². The Labute approximate surface area is 72.2 Å². The van der Waals surface area contributed by atoms with E-state index in [1.165, 1.54) is 0 Å². The summed E-state index contributed by atoms with van der Waals surface area (Å²) >= 11 is 0. The average molecular weight is 173 g/mol. The van der Waals surface area contributed by atoms with Gasteiger partial charge in [0.25, 0.3) is 0 Å². The third-order valence-corrected chi connectivity index (χ3v) is 1.83. The van der Waals surface area contributed by atoms with Gasteiger partial charge in [0.1, 0.15) is 0 Å². The Bertz CT molecular complexity index is 164. The lowest BCUT2D eigenvalue weighted by molar-refractivity contribution is -0.145. The first-order valence-corrected chi connectivity index (χ1v) is 4.21. The highest BCUT2D eigenvalue weighted by Gasteiger charge is 2.30. The molecule has 1 amide bonds. The molecular weight excluding hydrogens is 158 g/mol. The van der Waals surface area contributed by atoms with Crippen LogP contribution in [-0.4, -0.2) is 31.5 Å². The predicted octanol–water partition coefficient (Wildman–Crippen LogP) is 0.276. The molecule has 0 aromatic heterocycles. The number of hydrogen-bond donors (Lipinski definition) is 1. The Morgan fingerprint density at radius 3 is 2.58 bits per heavy atom. The first kappa shape index (κ1) is 9.48. The summed E-state index contributed by atoms with van der Waals surface area (Å²) in [4.78, 5) is 10.9. The van der Waals surface area contributed by atoms with Crippen molar-refractivity contribution < 1.29 is 14.3 Å². The monoisotopic (exact) mass is 173 g/mol. The molecule has 1 rings (SSSR count). The van der Waals surface area contributed by atoms with Crippen molar-refractivity contribution in [1.29, 1.82) is 0 Å². The van der Waals surface area contributed by atoms with E-state index in [2.05, 4.69) is 5.32 Å². The number of amides is 1. The molecule has 0 aromatic carbocycles. The van der Waals surface area contributed by atoms with Crippen molar-refractivity contribution in [2.75, 3.05) is 19.8 Å². The summed E-state index contributed by atoms with van der Waals surface area (Å²) in [5.74, 6) is -0.583. The number of carbonyl (C=O) groups excluding carboxylic acids is 1. The molecule has 0 radical (unpaired) electrons. The van der Waals surface area contributed by atoms with E-state index < -0.39 is 5.79 Å². The zero-order valence-corrected chi connectivity index (χ0v) is 7.55. The molecule has 1 aliphatic heterocycles. The van der Waals surface area contributed by atoms with E-state index in [0.717, 1.165) is 0 Å². The molecule has 1 heterocycles. The van der Waals surface area contributed by atoms with Crippen molar-refractivity contribution in [2.24, 2.45) is 0 Å². The van der Waals surface area contributed by atoms with Gasteiger partial charge in [-0.05, 0) is 6.92 Å². The average Bonchev–Trinajstić information content (AvgIpc) is 2.49. The second-order valence-corrected chi connectivity index (χ2v) is 2.96. The van der Waals surface area contributed by atoms with E-state index in [4.69, 9.17) is 9.47 Å². The van der Waals surface area contributed by atoms with Gasteiger partial charge in [-0.2, -0.15) is 0 Å². The van der Waals surface area contributed by atoms with Crippen LogP contribution in [0, 0.1) is 0 Å². The Balaban J connectivity index is 2.25. The number of carbonyl (C=O) groups is 1. The smallest absolute Gasteiger partial charge is 0.219 e. The molecule has 1 N–H and O–H groups in total. The minimum absolute atomic E-state index is 0.0234. The van der Waals surface area contributed by atoms with E-state index in [0.29, 0.717) is 26.2 Å². The standard InChI is InChI=1S/C8H15NO3/c1-3-7(10)9-6-8(2)11-4-5-12-8/h3-6H2,1-2H3,(H,9,10). The Hall–Kier alpha value is -0.610. The van der Waals surface area contributed by atoms with Crippen LogP contribution in [0.5, 0.6) is 0 Å². The van der Waals surface area contributed by atoms with Gasteiger partial charge in [0.05, 0.1) is 19.8 Å². The minimum Gasteiger partial charge on any atom is -0.351 e. The number of rotatable bonds is 3. The van der Waals surface area contributed by atoms with Crippen LogP contribution in [0.3, 0.4) is 0 Å². The van der Waals surface area contributed by atoms with E-state index in [1.54, 1.807) is 0 Å². The number of ether oxygens (including phenoxy) is 2. The fourth-order valence-corrected chi connectivity index (χ4v) is 1.04. The van der Waals surface area contributed by atoms with Crippen LogP contribution in [0.25, 0.3) is 0 Å². The second kappa shape index (κ2) is 3.87. The minimum atomic E-state index is -0.606. The second-order valence-electron chi connectivity index (χ2n) is 2.96. The zero-order chi connectivity index (χ0) is 9.03. The fourth-order valence-electron chi connectivity index (χ4n) is 1.04. The maximum absolute atomic E-state index is 10.9. The molecule has 0 saturated carbocycles. The van der Waals surface area contributed by atoms with E-state index in [1.807, 2.05) is 13.8 Å². The Kier molecular flexibility index (Phi) is 3.05. The third kappa shape index (κ3) is 2.46. The molecule has 1 fully saturated rings. The predicted molar refractivity (Wildman–Crippen MR) is 43.6 cm³/mol. The highest BCUT2D eigenvalue weighted by Crippen LogP contribution is 2.16.